The Morgan fingerprint density at radius 3 is 2.21 bits per heavy atom. The quantitative estimate of drug-likeness (QED) is 0.515. The molecule has 0 radical (unpaired) electrons. The minimum atomic E-state index is -0.715. The average Bonchev–Trinajstić information content (AvgIpc) is 2.70. The fraction of sp³-hybridized carbons (Fsp3) is 0.462. The Morgan fingerprint density at radius 2 is 1.64 bits per heavy atom. The average molecular weight is 493 g/mol. The largest absolute Gasteiger partial charge is 0.483 e. The van der Waals surface area contributed by atoms with Gasteiger partial charge in [0.05, 0.1) is 10.0 Å². The van der Waals surface area contributed by atoms with Gasteiger partial charge in [-0.25, -0.2) is 0 Å². The standard InChI is InChI=1S/C26H34Cl2N2O3/c1-17(24(32)29-26(5,6)7)30(15-18-12-13-20(27)21(28)14-18)23(31)16-33-22-11-9-8-10-19(22)25(2,3)4/h8-14,17H,15-16H2,1-7H3,(H,29,32). The van der Waals surface area contributed by atoms with Crippen molar-refractivity contribution >= 4 is 35.0 Å². The molecule has 0 heterocycles. The van der Waals surface area contributed by atoms with E-state index in [1.807, 2.05) is 45.0 Å². The van der Waals surface area contributed by atoms with Gasteiger partial charge < -0.3 is 15.0 Å². The molecule has 0 fully saturated rings. The fourth-order valence-electron chi connectivity index (χ4n) is 3.33. The number of hydrogen-bond donors (Lipinski definition) is 1. The number of halogens is 2. The van der Waals surface area contributed by atoms with Gasteiger partial charge >= 0.3 is 0 Å². The summed E-state index contributed by atoms with van der Waals surface area (Å²) >= 11 is 12.2. The molecule has 7 heteroatoms. The second-order valence-corrected chi connectivity index (χ2v) is 11.0. The van der Waals surface area contributed by atoms with Crippen molar-refractivity contribution < 1.29 is 14.3 Å². The molecule has 0 spiro atoms. The third-order valence-corrected chi connectivity index (χ3v) is 5.79. The smallest absolute Gasteiger partial charge is 0.261 e. The molecule has 1 atom stereocenters. The molecule has 0 bridgehead atoms. The van der Waals surface area contributed by atoms with Gasteiger partial charge in [-0.1, -0.05) is 68.2 Å². The maximum Gasteiger partial charge on any atom is 0.261 e. The van der Waals surface area contributed by atoms with Crippen LogP contribution in [-0.4, -0.2) is 34.9 Å². The second kappa shape index (κ2) is 10.8. The van der Waals surface area contributed by atoms with Crippen LogP contribution in [-0.2, 0) is 21.5 Å². The van der Waals surface area contributed by atoms with E-state index in [1.165, 1.54) is 4.90 Å². The normalized spacial score (nSPS) is 12.8. The van der Waals surface area contributed by atoms with Gasteiger partial charge in [0, 0.05) is 12.1 Å². The molecular formula is C26H34Cl2N2O3. The molecule has 2 amide bonds. The Hall–Kier alpha value is -2.24. The number of ether oxygens (including phenoxy) is 1. The maximum atomic E-state index is 13.3. The van der Waals surface area contributed by atoms with Crippen LogP contribution in [0.1, 0.15) is 59.6 Å². The van der Waals surface area contributed by atoms with Gasteiger partial charge in [0.15, 0.2) is 6.61 Å². The summed E-state index contributed by atoms with van der Waals surface area (Å²) in [4.78, 5) is 27.7. The molecule has 1 unspecified atom stereocenters. The Kier molecular flexibility index (Phi) is 8.83. The Morgan fingerprint density at radius 1 is 1.00 bits per heavy atom. The van der Waals surface area contributed by atoms with Crippen LogP contribution in [0.4, 0.5) is 0 Å². The molecule has 5 nitrogen and oxygen atoms in total. The van der Waals surface area contributed by atoms with E-state index in [4.69, 9.17) is 27.9 Å². The summed E-state index contributed by atoms with van der Waals surface area (Å²) in [6.45, 7) is 13.7. The lowest BCUT2D eigenvalue weighted by molar-refractivity contribution is -0.142. The minimum absolute atomic E-state index is 0.140. The number of nitrogens with zero attached hydrogens (tertiary/aromatic N) is 1. The van der Waals surface area contributed by atoms with Crippen LogP contribution in [0.3, 0.4) is 0 Å². The molecule has 0 aliphatic carbocycles. The zero-order valence-electron chi connectivity index (χ0n) is 20.5. The van der Waals surface area contributed by atoms with E-state index in [-0.39, 0.29) is 30.4 Å². The molecule has 180 valence electrons. The van der Waals surface area contributed by atoms with Crippen LogP contribution < -0.4 is 10.1 Å². The van der Waals surface area contributed by atoms with Crippen molar-refractivity contribution in [2.45, 2.75) is 72.0 Å². The molecule has 33 heavy (non-hydrogen) atoms. The Labute approximate surface area is 207 Å². The number of amides is 2. The first-order valence-electron chi connectivity index (χ1n) is 11.0. The number of carbonyl (C=O) groups is 2. The van der Waals surface area contributed by atoms with Crippen LogP contribution in [0.15, 0.2) is 42.5 Å². The van der Waals surface area contributed by atoms with E-state index in [9.17, 15) is 9.59 Å². The third kappa shape index (κ3) is 7.94. The predicted molar refractivity (Wildman–Crippen MR) is 135 cm³/mol. The topological polar surface area (TPSA) is 58.6 Å². The first-order chi connectivity index (χ1) is 15.2. The van der Waals surface area contributed by atoms with Crippen molar-refractivity contribution in [3.63, 3.8) is 0 Å². The van der Waals surface area contributed by atoms with E-state index in [1.54, 1.807) is 25.1 Å². The highest BCUT2D eigenvalue weighted by Crippen LogP contribution is 2.31. The molecule has 0 aromatic heterocycles. The molecule has 2 rings (SSSR count). The first kappa shape index (κ1) is 27.0. The molecule has 2 aromatic rings. The van der Waals surface area contributed by atoms with Crippen LogP contribution in [0.25, 0.3) is 0 Å². The van der Waals surface area contributed by atoms with Crippen LogP contribution in [0.5, 0.6) is 5.75 Å². The minimum Gasteiger partial charge on any atom is -0.483 e. The van der Waals surface area contributed by atoms with E-state index < -0.39 is 11.6 Å². The van der Waals surface area contributed by atoms with Gasteiger partial charge in [-0.2, -0.15) is 0 Å². The van der Waals surface area contributed by atoms with Gasteiger partial charge in [-0.3, -0.25) is 9.59 Å². The lowest BCUT2D eigenvalue weighted by Gasteiger charge is -2.31. The zero-order valence-corrected chi connectivity index (χ0v) is 22.0. The van der Waals surface area contributed by atoms with Gasteiger partial charge in [0.1, 0.15) is 11.8 Å². The highest BCUT2D eigenvalue weighted by atomic mass is 35.5. The number of hydrogen-bond acceptors (Lipinski definition) is 3. The highest BCUT2D eigenvalue weighted by Gasteiger charge is 2.29. The lowest BCUT2D eigenvalue weighted by atomic mass is 9.86. The number of para-hydroxylation sites is 1. The predicted octanol–water partition coefficient (Wildman–Crippen LogP) is 6.00. The van der Waals surface area contributed by atoms with Crippen LogP contribution >= 0.6 is 23.2 Å². The van der Waals surface area contributed by atoms with Crippen molar-refractivity contribution in [2.75, 3.05) is 6.61 Å². The monoisotopic (exact) mass is 492 g/mol. The molecule has 0 saturated carbocycles. The molecule has 0 aliphatic rings. The van der Waals surface area contributed by atoms with E-state index in [0.717, 1.165) is 11.1 Å². The summed E-state index contributed by atoms with van der Waals surface area (Å²) in [6.07, 6.45) is 0. The molecule has 0 saturated heterocycles. The third-order valence-electron chi connectivity index (χ3n) is 5.05. The number of benzene rings is 2. The summed E-state index contributed by atoms with van der Waals surface area (Å²) in [7, 11) is 0. The molecule has 0 aliphatic heterocycles. The maximum absolute atomic E-state index is 13.3. The van der Waals surface area contributed by atoms with Crippen molar-refractivity contribution in [1.82, 2.24) is 10.2 Å². The summed E-state index contributed by atoms with van der Waals surface area (Å²) < 4.78 is 5.95. The fourth-order valence-corrected chi connectivity index (χ4v) is 3.65. The van der Waals surface area contributed by atoms with Crippen molar-refractivity contribution in [3.8, 4) is 5.75 Å². The zero-order chi connectivity index (χ0) is 25.0. The van der Waals surface area contributed by atoms with Crippen molar-refractivity contribution in [2.24, 2.45) is 0 Å². The molecular weight excluding hydrogens is 459 g/mol. The summed E-state index contributed by atoms with van der Waals surface area (Å²) in [5, 5.41) is 3.76. The summed E-state index contributed by atoms with van der Waals surface area (Å²) in [6, 6.07) is 12.1. The van der Waals surface area contributed by atoms with Gasteiger partial charge in [0.2, 0.25) is 5.91 Å². The van der Waals surface area contributed by atoms with Crippen LogP contribution in [0.2, 0.25) is 10.0 Å². The number of rotatable bonds is 7. The second-order valence-electron chi connectivity index (χ2n) is 10.2. The Balaban J connectivity index is 2.27. The summed E-state index contributed by atoms with van der Waals surface area (Å²) in [5.41, 5.74) is 1.21. The van der Waals surface area contributed by atoms with Crippen molar-refractivity contribution in [3.05, 3.63) is 63.6 Å². The highest BCUT2D eigenvalue weighted by molar-refractivity contribution is 6.42. The van der Waals surface area contributed by atoms with E-state index in [0.29, 0.717) is 15.8 Å². The Bertz CT molecular complexity index is 994. The van der Waals surface area contributed by atoms with Gasteiger partial charge in [-0.05, 0) is 62.4 Å². The number of nitrogens with one attached hydrogen (secondary N) is 1. The summed E-state index contributed by atoms with van der Waals surface area (Å²) in [5.74, 6) is 0.104. The molecule has 1 N–H and O–H groups in total. The van der Waals surface area contributed by atoms with E-state index >= 15 is 0 Å². The first-order valence-corrected chi connectivity index (χ1v) is 11.7. The number of carbonyl (C=O) groups excluding carboxylic acids is 2. The van der Waals surface area contributed by atoms with Crippen molar-refractivity contribution in [1.29, 1.82) is 0 Å². The van der Waals surface area contributed by atoms with Gasteiger partial charge in [-0.15, -0.1) is 0 Å². The lowest BCUT2D eigenvalue weighted by Crippen LogP contribution is -2.53. The van der Waals surface area contributed by atoms with Crippen LogP contribution in [0, 0.1) is 0 Å². The SMILES string of the molecule is CC(C(=O)NC(C)(C)C)N(Cc1ccc(Cl)c(Cl)c1)C(=O)COc1ccccc1C(C)(C)C. The van der Waals surface area contributed by atoms with Gasteiger partial charge in [0.25, 0.3) is 5.91 Å². The molecule has 2 aromatic carbocycles. The van der Waals surface area contributed by atoms with E-state index in [2.05, 4.69) is 26.1 Å².